The highest BCUT2D eigenvalue weighted by Gasteiger charge is 2.13. The first-order valence-corrected chi connectivity index (χ1v) is 8.62. The number of ketones is 1. The van der Waals surface area contributed by atoms with Crippen LogP contribution in [0, 0.1) is 19.7 Å². The maximum absolute atomic E-state index is 12.8. The van der Waals surface area contributed by atoms with Crippen LogP contribution in [-0.2, 0) is 20.9 Å². The van der Waals surface area contributed by atoms with Crippen molar-refractivity contribution in [2.45, 2.75) is 33.2 Å². The van der Waals surface area contributed by atoms with E-state index in [2.05, 4.69) is 5.32 Å². The summed E-state index contributed by atoms with van der Waals surface area (Å²) in [6, 6.07) is 11.3. The lowest BCUT2D eigenvalue weighted by atomic mass is 9.99. The third kappa shape index (κ3) is 6.66. The molecule has 6 heteroatoms. The summed E-state index contributed by atoms with van der Waals surface area (Å²) in [5, 5.41) is 2.57. The Morgan fingerprint density at radius 3 is 2.41 bits per heavy atom. The first kappa shape index (κ1) is 20.3. The fourth-order valence-electron chi connectivity index (χ4n) is 2.46. The zero-order chi connectivity index (χ0) is 19.8. The molecule has 0 heterocycles. The van der Waals surface area contributed by atoms with Crippen LogP contribution in [0.15, 0.2) is 42.5 Å². The number of halogens is 1. The number of carbonyl (C=O) groups is 3. The van der Waals surface area contributed by atoms with E-state index in [1.165, 1.54) is 12.1 Å². The van der Waals surface area contributed by atoms with Gasteiger partial charge in [0.25, 0.3) is 5.91 Å². The number of esters is 1. The zero-order valence-electron chi connectivity index (χ0n) is 15.4. The fourth-order valence-corrected chi connectivity index (χ4v) is 2.46. The van der Waals surface area contributed by atoms with Gasteiger partial charge in [-0.2, -0.15) is 0 Å². The molecule has 0 saturated carbocycles. The standard InChI is InChI=1S/C21H22FNO4/c1-14-3-4-15(2)18(11-14)19(24)9-10-21(26)27-13-20(25)23-12-16-5-7-17(22)8-6-16/h3-8,11H,9-10,12-13H2,1-2H3,(H,23,25). The van der Waals surface area contributed by atoms with Gasteiger partial charge in [0.2, 0.25) is 0 Å². The molecule has 0 radical (unpaired) electrons. The van der Waals surface area contributed by atoms with Crippen molar-refractivity contribution < 1.29 is 23.5 Å². The Bertz CT molecular complexity index is 831. The molecule has 2 aromatic rings. The van der Waals surface area contributed by atoms with E-state index in [4.69, 9.17) is 4.74 Å². The molecule has 0 spiro atoms. The molecule has 5 nitrogen and oxygen atoms in total. The number of carbonyl (C=O) groups excluding carboxylic acids is 3. The monoisotopic (exact) mass is 371 g/mol. The molecule has 1 amide bonds. The van der Waals surface area contributed by atoms with Gasteiger partial charge in [-0.25, -0.2) is 4.39 Å². The van der Waals surface area contributed by atoms with Gasteiger partial charge in [-0.3, -0.25) is 14.4 Å². The molecule has 0 unspecified atom stereocenters. The van der Waals surface area contributed by atoms with E-state index in [1.807, 2.05) is 26.0 Å². The Labute approximate surface area is 157 Å². The summed E-state index contributed by atoms with van der Waals surface area (Å²) in [5.74, 6) is -1.55. The summed E-state index contributed by atoms with van der Waals surface area (Å²) in [6.07, 6.45) is -0.0578. The molecule has 0 fully saturated rings. The van der Waals surface area contributed by atoms with Crippen LogP contribution in [0.3, 0.4) is 0 Å². The summed E-state index contributed by atoms with van der Waals surface area (Å²) < 4.78 is 17.7. The van der Waals surface area contributed by atoms with E-state index < -0.39 is 18.5 Å². The molecule has 0 aromatic heterocycles. The van der Waals surface area contributed by atoms with Crippen molar-refractivity contribution in [3.63, 3.8) is 0 Å². The van der Waals surface area contributed by atoms with Crippen LogP contribution in [0.5, 0.6) is 0 Å². The molecule has 27 heavy (non-hydrogen) atoms. The summed E-state index contributed by atoms with van der Waals surface area (Å²) in [5.41, 5.74) is 3.17. The second-order valence-corrected chi connectivity index (χ2v) is 6.31. The van der Waals surface area contributed by atoms with Gasteiger partial charge in [0.05, 0.1) is 6.42 Å². The number of hydrogen-bond donors (Lipinski definition) is 1. The lowest BCUT2D eigenvalue weighted by Gasteiger charge is -2.08. The van der Waals surface area contributed by atoms with Crippen molar-refractivity contribution in [3.8, 4) is 0 Å². The largest absolute Gasteiger partial charge is 0.456 e. The molecular formula is C21H22FNO4. The Kier molecular flexibility index (Phi) is 7.23. The highest BCUT2D eigenvalue weighted by atomic mass is 19.1. The van der Waals surface area contributed by atoms with E-state index in [1.54, 1.807) is 18.2 Å². The summed E-state index contributed by atoms with van der Waals surface area (Å²) >= 11 is 0. The second kappa shape index (κ2) is 9.62. The number of Topliss-reactive ketones (excluding diaryl/α,β-unsaturated/α-hetero) is 1. The van der Waals surface area contributed by atoms with E-state index in [0.29, 0.717) is 5.56 Å². The average molecular weight is 371 g/mol. The van der Waals surface area contributed by atoms with Gasteiger partial charge in [-0.05, 0) is 43.2 Å². The van der Waals surface area contributed by atoms with Crippen LogP contribution in [0.4, 0.5) is 4.39 Å². The predicted octanol–water partition coefficient (Wildman–Crippen LogP) is 3.27. The van der Waals surface area contributed by atoms with Crippen LogP contribution in [0.2, 0.25) is 0 Å². The van der Waals surface area contributed by atoms with E-state index in [0.717, 1.165) is 16.7 Å². The summed E-state index contributed by atoms with van der Waals surface area (Å²) in [4.78, 5) is 35.7. The van der Waals surface area contributed by atoms with E-state index in [-0.39, 0.29) is 31.0 Å². The number of aryl methyl sites for hydroxylation is 2. The SMILES string of the molecule is Cc1ccc(C)c(C(=O)CCC(=O)OCC(=O)NCc2ccc(F)cc2)c1. The van der Waals surface area contributed by atoms with Crippen molar-refractivity contribution in [3.05, 3.63) is 70.5 Å². The molecule has 0 bridgehead atoms. The predicted molar refractivity (Wildman–Crippen MR) is 98.7 cm³/mol. The third-order valence-corrected chi connectivity index (χ3v) is 4.02. The Balaban J connectivity index is 1.70. The third-order valence-electron chi connectivity index (χ3n) is 4.02. The van der Waals surface area contributed by atoms with Gasteiger partial charge >= 0.3 is 5.97 Å². The fraction of sp³-hybridized carbons (Fsp3) is 0.286. The molecule has 0 aliphatic carbocycles. The van der Waals surface area contributed by atoms with Crippen molar-refractivity contribution in [2.24, 2.45) is 0 Å². The van der Waals surface area contributed by atoms with Gasteiger partial charge in [-0.1, -0.05) is 29.8 Å². The number of amides is 1. The van der Waals surface area contributed by atoms with Crippen molar-refractivity contribution in [1.29, 1.82) is 0 Å². The van der Waals surface area contributed by atoms with Crippen LogP contribution in [0.1, 0.15) is 39.9 Å². The maximum Gasteiger partial charge on any atom is 0.306 e. The number of benzene rings is 2. The van der Waals surface area contributed by atoms with E-state index >= 15 is 0 Å². The minimum absolute atomic E-state index is 0.0281. The number of rotatable bonds is 8. The average Bonchev–Trinajstić information content (AvgIpc) is 2.65. The van der Waals surface area contributed by atoms with Gasteiger partial charge in [-0.15, -0.1) is 0 Å². The quantitative estimate of drug-likeness (QED) is 0.571. The molecule has 142 valence electrons. The van der Waals surface area contributed by atoms with Crippen LogP contribution in [0.25, 0.3) is 0 Å². The first-order valence-electron chi connectivity index (χ1n) is 8.62. The van der Waals surface area contributed by atoms with Crippen LogP contribution in [-0.4, -0.2) is 24.3 Å². The van der Waals surface area contributed by atoms with Crippen molar-refractivity contribution in [1.82, 2.24) is 5.32 Å². The van der Waals surface area contributed by atoms with Crippen molar-refractivity contribution in [2.75, 3.05) is 6.61 Å². The van der Waals surface area contributed by atoms with Gasteiger partial charge in [0.15, 0.2) is 12.4 Å². The number of hydrogen-bond acceptors (Lipinski definition) is 4. The van der Waals surface area contributed by atoms with Crippen molar-refractivity contribution >= 4 is 17.7 Å². The van der Waals surface area contributed by atoms with E-state index in [9.17, 15) is 18.8 Å². The topological polar surface area (TPSA) is 72.5 Å². The molecule has 0 aliphatic heterocycles. The van der Waals surface area contributed by atoms with Crippen LogP contribution >= 0.6 is 0 Å². The Morgan fingerprint density at radius 1 is 1.00 bits per heavy atom. The first-order chi connectivity index (χ1) is 12.8. The highest BCUT2D eigenvalue weighted by Crippen LogP contribution is 2.14. The number of nitrogens with one attached hydrogen (secondary N) is 1. The molecule has 2 aromatic carbocycles. The minimum atomic E-state index is -0.606. The molecule has 0 saturated heterocycles. The Hall–Kier alpha value is -3.02. The van der Waals surface area contributed by atoms with Crippen LogP contribution < -0.4 is 5.32 Å². The maximum atomic E-state index is 12.8. The normalized spacial score (nSPS) is 10.3. The molecule has 0 atom stereocenters. The lowest BCUT2D eigenvalue weighted by Crippen LogP contribution is -2.28. The smallest absolute Gasteiger partial charge is 0.306 e. The molecular weight excluding hydrogens is 349 g/mol. The Morgan fingerprint density at radius 2 is 1.70 bits per heavy atom. The lowest BCUT2D eigenvalue weighted by molar-refractivity contribution is -0.148. The zero-order valence-corrected chi connectivity index (χ0v) is 15.4. The van der Waals surface area contributed by atoms with Gasteiger partial charge in [0.1, 0.15) is 5.82 Å². The molecule has 2 rings (SSSR count). The van der Waals surface area contributed by atoms with Gasteiger partial charge < -0.3 is 10.1 Å². The summed E-state index contributed by atoms with van der Waals surface area (Å²) in [7, 11) is 0. The molecule has 1 N–H and O–H groups in total. The molecule has 0 aliphatic rings. The van der Waals surface area contributed by atoms with Gasteiger partial charge in [0, 0.05) is 18.5 Å². The second-order valence-electron chi connectivity index (χ2n) is 6.31. The highest BCUT2D eigenvalue weighted by molar-refractivity contribution is 5.99. The minimum Gasteiger partial charge on any atom is -0.456 e. The summed E-state index contributed by atoms with van der Waals surface area (Å²) in [6.45, 7) is 3.53. The number of ether oxygens (including phenoxy) is 1.